The molecule has 15 heteroatoms. The molecule has 3 aromatic carbocycles. The van der Waals surface area contributed by atoms with E-state index in [9.17, 15) is 29.4 Å². The molecule has 9 atom stereocenters. The fourth-order valence-electron chi connectivity index (χ4n) is 12.6. The van der Waals surface area contributed by atoms with Crippen molar-refractivity contribution in [3.8, 4) is 0 Å². The van der Waals surface area contributed by atoms with Crippen molar-refractivity contribution in [1.29, 1.82) is 0 Å². The molecule has 15 nitrogen and oxygen atoms in total. The maximum Gasteiger partial charge on any atom is 0.280 e. The fourth-order valence-corrected chi connectivity index (χ4v) is 12.6. The van der Waals surface area contributed by atoms with E-state index >= 15 is 0 Å². The van der Waals surface area contributed by atoms with Gasteiger partial charge in [-0.2, -0.15) is 0 Å². The van der Waals surface area contributed by atoms with Crippen LogP contribution in [0.4, 0.5) is 0 Å². The summed E-state index contributed by atoms with van der Waals surface area (Å²) in [5.41, 5.74) is 8.74. The molecule has 0 saturated carbocycles. The number of amides is 4. The highest BCUT2D eigenvalue weighted by molar-refractivity contribution is 6.02. The second kappa shape index (κ2) is 17.1. The van der Waals surface area contributed by atoms with Gasteiger partial charge in [0.05, 0.1) is 24.5 Å². The Hall–Kier alpha value is -6.10. The Bertz CT molecular complexity index is 2960. The van der Waals surface area contributed by atoms with Crippen molar-refractivity contribution in [2.75, 3.05) is 40.3 Å². The van der Waals surface area contributed by atoms with Crippen LogP contribution in [0.15, 0.2) is 91.3 Å². The SMILES string of the molecule is CC[C@@H](CO)NC(=O)[C@@H]1C=C2c3cccc4c3c(cn4C)C[C@H]2N(C)C1.CN1C[C@H](C(=O)N[C@]2(C)O[C@@]3(O)[C@@H]4CCCN4C(=O)[C@H](Cc4ccccc4)N3C2=O)C=C2c3cccc4[nH]cc(c34)C[C@H]21. The number of rotatable bonds is 8. The van der Waals surface area contributed by atoms with E-state index in [1.807, 2.05) is 56.4 Å². The van der Waals surface area contributed by atoms with Crippen molar-refractivity contribution in [2.45, 2.75) is 94.2 Å². The van der Waals surface area contributed by atoms with Gasteiger partial charge in [-0.25, -0.2) is 0 Å². The van der Waals surface area contributed by atoms with Crippen LogP contribution in [0.25, 0.3) is 33.0 Å². The number of likely N-dealkylation sites (N-methyl/N-ethyl adjacent to an activating group) is 2. The second-order valence-corrected chi connectivity index (χ2v) is 20.4. The highest BCUT2D eigenvalue weighted by Gasteiger charge is 2.70. The number of carbonyl (C=O) groups is 4. The Morgan fingerprint density at radius 2 is 1.54 bits per heavy atom. The van der Waals surface area contributed by atoms with E-state index in [1.54, 1.807) is 4.90 Å². The lowest BCUT2D eigenvalue weighted by Gasteiger charge is -2.48. The molecule has 4 amide bonds. The molecule has 0 radical (unpaired) electrons. The van der Waals surface area contributed by atoms with Gasteiger partial charge in [0.2, 0.25) is 23.4 Å². The van der Waals surface area contributed by atoms with Gasteiger partial charge < -0.3 is 35.3 Å². The first kappa shape index (κ1) is 45.3. The molecular formula is C54H62N8O7. The number of aliphatic hydroxyl groups is 2. The lowest BCUT2D eigenvalue weighted by Crippen LogP contribution is -2.71. The van der Waals surface area contributed by atoms with Gasteiger partial charge >= 0.3 is 0 Å². The molecule has 3 fully saturated rings. The molecule has 0 unspecified atom stereocenters. The first-order valence-corrected chi connectivity index (χ1v) is 24.6. The van der Waals surface area contributed by atoms with Gasteiger partial charge in [-0.3, -0.25) is 38.6 Å². The van der Waals surface area contributed by atoms with Crippen LogP contribution < -0.4 is 10.6 Å². The number of H-pyrrole nitrogens is 1. The molecule has 5 N–H and O–H groups in total. The molecule has 5 aliphatic heterocycles. The third-order valence-corrected chi connectivity index (χ3v) is 16.1. The van der Waals surface area contributed by atoms with Crippen LogP contribution >= 0.6 is 0 Å². The number of aryl methyl sites for hydroxylation is 1. The van der Waals surface area contributed by atoms with Crippen molar-refractivity contribution in [2.24, 2.45) is 18.9 Å². The van der Waals surface area contributed by atoms with E-state index in [0.29, 0.717) is 38.5 Å². The van der Waals surface area contributed by atoms with E-state index in [1.165, 1.54) is 50.4 Å². The molecule has 0 spiro atoms. The highest BCUT2D eigenvalue weighted by atomic mass is 16.7. The van der Waals surface area contributed by atoms with E-state index in [4.69, 9.17) is 4.74 Å². The Morgan fingerprint density at radius 3 is 2.23 bits per heavy atom. The quantitative estimate of drug-likeness (QED) is 0.155. The van der Waals surface area contributed by atoms with Crippen molar-refractivity contribution < 1.29 is 34.1 Å². The summed E-state index contributed by atoms with van der Waals surface area (Å²) in [7, 11) is 6.22. The first-order valence-electron chi connectivity index (χ1n) is 24.6. The minimum absolute atomic E-state index is 0.00901. The molecule has 7 aliphatic rings. The van der Waals surface area contributed by atoms with Gasteiger partial charge in [0.25, 0.3) is 11.8 Å². The summed E-state index contributed by atoms with van der Waals surface area (Å²) in [6.07, 6.45) is 12.5. The predicted molar refractivity (Wildman–Crippen MR) is 262 cm³/mol. The van der Waals surface area contributed by atoms with E-state index < -0.39 is 35.5 Å². The van der Waals surface area contributed by atoms with Crippen molar-refractivity contribution >= 4 is 56.6 Å². The normalized spacial score (nSPS) is 29.6. The summed E-state index contributed by atoms with van der Waals surface area (Å²) in [6.45, 7) is 5.12. The molecule has 5 aromatic rings. The summed E-state index contributed by atoms with van der Waals surface area (Å²) in [5, 5.41) is 29.8. The molecule has 3 saturated heterocycles. The average molecular weight is 935 g/mol. The summed E-state index contributed by atoms with van der Waals surface area (Å²) in [4.78, 5) is 65.3. The topological polar surface area (TPSA) is 176 Å². The summed E-state index contributed by atoms with van der Waals surface area (Å²) in [6, 6.07) is 20.7. The van der Waals surface area contributed by atoms with Crippen molar-refractivity contribution in [3.63, 3.8) is 0 Å². The minimum Gasteiger partial charge on any atom is -0.394 e. The zero-order chi connectivity index (χ0) is 48.1. The molecule has 2 aliphatic carbocycles. The third kappa shape index (κ3) is 7.34. The number of piperazine rings is 1. The largest absolute Gasteiger partial charge is 0.394 e. The molecule has 2 aromatic heterocycles. The first-order chi connectivity index (χ1) is 33.2. The lowest BCUT2D eigenvalue weighted by atomic mass is 9.79. The number of aromatic nitrogens is 2. The molecule has 7 heterocycles. The van der Waals surface area contributed by atoms with Crippen LogP contribution in [0.2, 0.25) is 0 Å². The van der Waals surface area contributed by atoms with Crippen molar-refractivity contribution in [1.82, 2.24) is 39.8 Å². The Morgan fingerprint density at radius 1 is 0.870 bits per heavy atom. The summed E-state index contributed by atoms with van der Waals surface area (Å²) >= 11 is 0. The molecule has 12 rings (SSSR count). The van der Waals surface area contributed by atoms with E-state index in [0.717, 1.165) is 41.5 Å². The Balaban J connectivity index is 0.000000171. The number of carbonyl (C=O) groups excluding carboxylic acids is 4. The van der Waals surface area contributed by atoms with Crippen LogP contribution in [-0.4, -0.2) is 145 Å². The number of fused-ring (bicyclic) bond motifs is 7. The van der Waals surface area contributed by atoms with E-state index in [2.05, 4.69) is 92.9 Å². The van der Waals surface area contributed by atoms with Gasteiger partial charge in [-0.05, 0) is 104 Å². The minimum atomic E-state index is -2.04. The predicted octanol–water partition coefficient (Wildman–Crippen LogP) is 3.93. The molecular weight excluding hydrogens is 873 g/mol. The van der Waals surface area contributed by atoms with Crippen LogP contribution in [0.5, 0.6) is 0 Å². The highest BCUT2D eigenvalue weighted by Crippen LogP contribution is 2.47. The molecule has 69 heavy (non-hydrogen) atoms. The monoisotopic (exact) mass is 934 g/mol. The summed E-state index contributed by atoms with van der Waals surface area (Å²) in [5.74, 6) is -3.95. The van der Waals surface area contributed by atoms with Crippen molar-refractivity contribution in [3.05, 3.63) is 119 Å². The van der Waals surface area contributed by atoms with E-state index in [-0.39, 0.29) is 48.8 Å². The molecule has 0 bridgehead atoms. The number of aliphatic hydroxyl groups excluding tert-OH is 1. The Labute approximate surface area is 401 Å². The lowest BCUT2D eigenvalue weighted by molar-refractivity contribution is -0.315. The van der Waals surface area contributed by atoms with Gasteiger partial charge in [-0.15, -0.1) is 0 Å². The number of ether oxygens (including phenoxy) is 1. The number of nitrogens with zero attached hydrogens (tertiary/aromatic N) is 5. The average Bonchev–Trinajstić information content (AvgIpc) is 4.13. The number of hydrogen-bond acceptors (Lipinski definition) is 9. The Kier molecular flexibility index (Phi) is 11.2. The standard InChI is InChI=1S/C33H35N5O5.C21H27N3O2/c1-32(35-29(39)21-15-23-22-10-6-11-24-28(22)20(17-34-24)16-25(23)36(2)18-21)31(41)38-26(14-19-8-4-3-5-9-19)30(40)37-13-7-12-27(37)33(38,42)43-32;1-4-15(12-25)22-21(26)14-8-17-16-6-5-7-18-20(16)13(10-23(18)2)9-19(17)24(3)11-14/h3-6,8-11,15,17,21,25-27,34,42H,7,12-14,16,18H2,1-2H3,(H,35,39);5-8,10,14-15,19,25H,4,9,11-12H2,1-3H3,(H,22,26)/t21-,25-,26+,27+,32-,33+;14-,15+,19-/m11/s1. The fraction of sp³-hybridized carbons (Fsp3) is 0.444. The third-order valence-electron chi connectivity index (χ3n) is 16.1. The summed E-state index contributed by atoms with van der Waals surface area (Å²) < 4.78 is 8.43. The zero-order valence-corrected chi connectivity index (χ0v) is 39.9. The van der Waals surface area contributed by atoms with Crippen LogP contribution in [-0.2, 0) is 50.2 Å². The number of nitrogens with one attached hydrogen (secondary N) is 3. The van der Waals surface area contributed by atoms with Crippen LogP contribution in [0.1, 0.15) is 60.9 Å². The van der Waals surface area contributed by atoms with Gasteiger partial charge in [0.1, 0.15) is 12.1 Å². The maximum absolute atomic E-state index is 14.2. The second-order valence-electron chi connectivity index (χ2n) is 20.4. The van der Waals surface area contributed by atoms with Crippen LogP contribution in [0.3, 0.4) is 0 Å². The molecule has 360 valence electrons. The maximum atomic E-state index is 14.2. The number of hydrogen-bond donors (Lipinski definition) is 5. The number of benzene rings is 3. The van der Waals surface area contributed by atoms with Gasteiger partial charge in [0.15, 0.2) is 0 Å². The smallest absolute Gasteiger partial charge is 0.280 e. The van der Waals surface area contributed by atoms with Gasteiger partial charge in [-0.1, -0.05) is 73.7 Å². The van der Waals surface area contributed by atoms with Gasteiger partial charge in [0, 0.05) is 79.4 Å². The van der Waals surface area contributed by atoms with Crippen LogP contribution in [0, 0.1) is 11.8 Å². The number of aromatic amines is 1. The zero-order valence-electron chi connectivity index (χ0n) is 39.9.